The molecule has 1 unspecified atom stereocenters. The SMILES string of the molecule is COc1cc2c(cc1OC)C(Oc1ccccc1F)CNCC2. The summed E-state index contributed by atoms with van der Waals surface area (Å²) in [6.07, 6.45) is 0.566. The van der Waals surface area contributed by atoms with Crippen LogP contribution < -0.4 is 19.5 Å². The maximum atomic E-state index is 13.9. The highest BCUT2D eigenvalue weighted by atomic mass is 19.1. The predicted molar refractivity (Wildman–Crippen MR) is 85.9 cm³/mol. The van der Waals surface area contributed by atoms with Crippen molar-refractivity contribution in [2.24, 2.45) is 0 Å². The van der Waals surface area contributed by atoms with Gasteiger partial charge in [-0.15, -0.1) is 0 Å². The highest BCUT2D eigenvalue weighted by Gasteiger charge is 2.23. The fraction of sp³-hybridized carbons (Fsp3) is 0.333. The number of halogens is 1. The summed E-state index contributed by atoms with van der Waals surface area (Å²) in [7, 11) is 3.22. The fourth-order valence-electron chi connectivity index (χ4n) is 2.82. The van der Waals surface area contributed by atoms with Crippen molar-refractivity contribution in [2.45, 2.75) is 12.5 Å². The molecule has 0 bridgehead atoms. The van der Waals surface area contributed by atoms with Gasteiger partial charge in [-0.1, -0.05) is 12.1 Å². The molecule has 1 heterocycles. The zero-order chi connectivity index (χ0) is 16.2. The van der Waals surface area contributed by atoms with E-state index in [9.17, 15) is 4.39 Å². The normalized spacial score (nSPS) is 17.1. The minimum absolute atomic E-state index is 0.252. The molecule has 0 fully saturated rings. The van der Waals surface area contributed by atoms with Gasteiger partial charge in [0.1, 0.15) is 6.10 Å². The number of rotatable bonds is 4. The van der Waals surface area contributed by atoms with Gasteiger partial charge in [0, 0.05) is 12.1 Å². The van der Waals surface area contributed by atoms with Crippen molar-refractivity contribution in [2.75, 3.05) is 27.3 Å². The summed E-state index contributed by atoms with van der Waals surface area (Å²) in [4.78, 5) is 0. The Kier molecular flexibility index (Phi) is 4.67. The number of methoxy groups -OCH3 is 2. The van der Waals surface area contributed by atoms with E-state index in [0.717, 1.165) is 24.1 Å². The molecule has 0 saturated carbocycles. The molecular formula is C18H20FNO3. The molecule has 0 amide bonds. The van der Waals surface area contributed by atoms with Crippen LogP contribution in [0.4, 0.5) is 4.39 Å². The minimum atomic E-state index is -0.362. The van der Waals surface area contributed by atoms with Crippen molar-refractivity contribution in [3.8, 4) is 17.2 Å². The average molecular weight is 317 g/mol. The van der Waals surface area contributed by atoms with E-state index in [1.165, 1.54) is 6.07 Å². The van der Waals surface area contributed by atoms with Gasteiger partial charge in [0.15, 0.2) is 23.1 Å². The summed E-state index contributed by atoms with van der Waals surface area (Å²) in [5.74, 6) is 1.23. The van der Waals surface area contributed by atoms with Crippen LogP contribution in [0, 0.1) is 5.82 Å². The van der Waals surface area contributed by atoms with Crippen LogP contribution in [0.25, 0.3) is 0 Å². The zero-order valence-corrected chi connectivity index (χ0v) is 13.3. The number of para-hydroxylation sites is 1. The maximum Gasteiger partial charge on any atom is 0.165 e. The summed E-state index contributed by atoms with van der Waals surface area (Å²) in [5.41, 5.74) is 2.12. The molecule has 0 radical (unpaired) electrons. The first kappa shape index (κ1) is 15.6. The lowest BCUT2D eigenvalue weighted by atomic mass is 10.00. The highest BCUT2D eigenvalue weighted by molar-refractivity contribution is 5.49. The molecule has 4 nitrogen and oxygen atoms in total. The van der Waals surface area contributed by atoms with Crippen molar-refractivity contribution in [1.82, 2.24) is 5.32 Å². The van der Waals surface area contributed by atoms with Crippen LogP contribution in [0.3, 0.4) is 0 Å². The molecule has 122 valence electrons. The van der Waals surface area contributed by atoms with E-state index in [1.807, 2.05) is 12.1 Å². The van der Waals surface area contributed by atoms with E-state index in [0.29, 0.717) is 18.0 Å². The molecule has 1 aliphatic heterocycles. The molecule has 2 aromatic rings. The van der Waals surface area contributed by atoms with Crippen molar-refractivity contribution in [1.29, 1.82) is 0 Å². The number of nitrogens with one attached hydrogen (secondary N) is 1. The Bertz CT molecular complexity index is 690. The zero-order valence-electron chi connectivity index (χ0n) is 13.3. The average Bonchev–Trinajstić information content (AvgIpc) is 2.77. The van der Waals surface area contributed by atoms with Gasteiger partial charge in [-0.3, -0.25) is 0 Å². The third-order valence-electron chi connectivity index (χ3n) is 4.00. The summed E-state index contributed by atoms with van der Waals surface area (Å²) in [5, 5.41) is 3.33. The number of fused-ring (bicyclic) bond motifs is 1. The monoisotopic (exact) mass is 317 g/mol. The molecule has 1 N–H and O–H groups in total. The van der Waals surface area contributed by atoms with E-state index < -0.39 is 0 Å². The topological polar surface area (TPSA) is 39.7 Å². The lowest BCUT2D eigenvalue weighted by molar-refractivity contribution is 0.195. The molecule has 2 aromatic carbocycles. The Balaban J connectivity index is 1.98. The van der Waals surface area contributed by atoms with E-state index in [1.54, 1.807) is 32.4 Å². The van der Waals surface area contributed by atoms with Gasteiger partial charge in [-0.2, -0.15) is 0 Å². The van der Waals surface area contributed by atoms with E-state index in [2.05, 4.69) is 5.32 Å². The number of hydrogen-bond acceptors (Lipinski definition) is 4. The van der Waals surface area contributed by atoms with Crippen LogP contribution in [0.5, 0.6) is 17.2 Å². The molecule has 0 saturated heterocycles. The first-order valence-corrected chi connectivity index (χ1v) is 7.59. The largest absolute Gasteiger partial charge is 0.493 e. The molecule has 1 aliphatic rings. The third kappa shape index (κ3) is 3.24. The molecule has 1 atom stereocenters. The van der Waals surface area contributed by atoms with Crippen molar-refractivity contribution >= 4 is 0 Å². The second kappa shape index (κ2) is 6.87. The van der Waals surface area contributed by atoms with Crippen LogP contribution in [0.15, 0.2) is 36.4 Å². The Labute approximate surface area is 135 Å². The minimum Gasteiger partial charge on any atom is -0.493 e. The number of ether oxygens (including phenoxy) is 3. The van der Waals surface area contributed by atoms with Gasteiger partial charge >= 0.3 is 0 Å². The standard InChI is InChI=1S/C18H20FNO3/c1-21-16-9-12-7-8-20-11-18(13(12)10-17(16)22-2)23-15-6-4-3-5-14(15)19/h3-6,9-10,18,20H,7-8,11H2,1-2H3. The molecule has 5 heteroatoms. The molecule has 0 aliphatic carbocycles. The lowest BCUT2D eigenvalue weighted by Gasteiger charge is -2.21. The van der Waals surface area contributed by atoms with Gasteiger partial charge in [0.25, 0.3) is 0 Å². The molecule has 23 heavy (non-hydrogen) atoms. The van der Waals surface area contributed by atoms with E-state index >= 15 is 0 Å². The second-order valence-electron chi connectivity index (χ2n) is 5.40. The summed E-state index contributed by atoms with van der Waals surface area (Å²) in [6, 6.07) is 10.3. The van der Waals surface area contributed by atoms with Crippen molar-refractivity contribution in [3.63, 3.8) is 0 Å². The van der Waals surface area contributed by atoms with E-state index in [4.69, 9.17) is 14.2 Å². The quantitative estimate of drug-likeness (QED) is 0.940. The van der Waals surface area contributed by atoms with Gasteiger partial charge in [0.05, 0.1) is 14.2 Å². The maximum absolute atomic E-state index is 13.9. The smallest absolute Gasteiger partial charge is 0.165 e. The first-order chi connectivity index (χ1) is 11.2. The Morgan fingerprint density at radius 3 is 2.52 bits per heavy atom. The van der Waals surface area contributed by atoms with Crippen LogP contribution in [0.1, 0.15) is 17.2 Å². The molecular weight excluding hydrogens is 297 g/mol. The Hall–Kier alpha value is -2.27. The molecule has 0 aromatic heterocycles. The van der Waals surface area contributed by atoms with Crippen LogP contribution in [-0.2, 0) is 6.42 Å². The molecule has 3 rings (SSSR count). The Morgan fingerprint density at radius 2 is 1.78 bits per heavy atom. The lowest BCUT2D eigenvalue weighted by Crippen LogP contribution is -2.23. The second-order valence-corrected chi connectivity index (χ2v) is 5.40. The van der Waals surface area contributed by atoms with Crippen LogP contribution >= 0.6 is 0 Å². The highest BCUT2D eigenvalue weighted by Crippen LogP contribution is 2.36. The summed E-state index contributed by atoms with van der Waals surface area (Å²) in [6.45, 7) is 1.44. The van der Waals surface area contributed by atoms with Crippen molar-refractivity contribution < 1.29 is 18.6 Å². The molecule has 0 spiro atoms. The van der Waals surface area contributed by atoms with Gasteiger partial charge in [-0.05, 0) is 42.8 Å². The summed E-state index contributed by atoms with van der Waals surface area (Å²) < 4.78 is 30.6. The van der Waals surface area contributed by atoms with Gasteiger partial charge in [0.2, 0.25) is 0 Å². The first-order valence-electron chi connectivity index (χ1n) is 7.59. The number of hydrogen-bond donors (Lipinski definition) is 1. The van der Waals surface area contributed by atoms with Crippen LogP contribution in [-0.4, -0.2) is 27.3 Å². The van der Waals surface area contributed by atoms with Gasteiger partial charge < -0.3 is 19.5 Å². The van der Waals surface area contributed by atoms with E-state index in [-0.39, 0.29) is 17.7 Å². The summed E-state index contributed by atoms with van der Waals surface area (Å²) >= 11 is 0. The van der Waals surface area contributed by atoms with Gasteiger partial charge in [-0.25, -0.2) is 4.39 Å². The third-order valence-corrected chi connectivity index (χ3v) is 4.00. The van der Waals surface area contributed by atoms with Crippen LogP contribution in [0.2, 0.25) is 0 Å². The fourth-order valence-corrected chi connectivity index (χ4v) is 2.82. The van der Waals surface area contributed by atoms with Crippen molar-refractivity contribution in [3.05, 3.63) is 53.3 Å². The predicted octanol–water partition coefficient (Wildman–Crippen LogP) is 3.11. The Morgan fingerprint density at radius 1 is 1.04 bits per heavy atom. The number of benzene rings is 2.